The van der Waals surface area contributed by atoms with Gasteiger partial charge >= 0.3 is 0 Å². The van der Waals surface area contributed by atoms with Crippen molar-refractivity contribution in [3.05, 3.63) is 33.8 Å². The largest absolute Gasteiger partial charge is 0.381 e. The number of nitrogens with two attached hydrogens (primary N) is 1. The summed E-state index contributed by atoms with van der Waals surface area (Å²) in [7, 11) is 0. The Hall–Kier alpha value is -0.910. The first-order chi connectivity index (χ1) is 10.1. The van der Waals surface area contributed by atoms with Crippen molar-refractivity contribution >= 4 is 21.8 Å². The van der Waals surface area contributed by atoms with E-state index in [-0.39, 0.29) is 17.9 Å². The summed E-state index contributed by atoms with van der Waals surface area (Å²) in [5.41, 5.74) is 8.68. The van der Waals surface area contributed by atoms with Crippen LogP contribution >= 0.6 is 15.9 Å². The number of carbonyl (C=O) groups excluding carboxylic acids is 1. The van der Waals surface area contributed by atoms with Crippen LogP contribution in [0.1, 0.15) is 36.4 Å². The van der Waals surface area contributed by atoms with Crippen LogP contribution in [0.25, 0.3) is 0 Å². The number of rotatable bonds is 3. The van der Waals surface area contributed by atoms with Gasteiger partial charge in [-0.25, -0.2) is 0 Å². The van der Waals surface area contributed by atoms with Crippen LogP contribution in [0.4, 0.5) is 0 Å². The van der Waals surface area contributed by atoms with Gasteiger partial charge in [0.05, 0.1) is 12.1 Å². The smallest absolute Gasteiger partial charge is 0.237 e. The molecular weight excluding hydrogens is 332 g/mol. The van der Waals surface area contributed by atoms with E-state index < -0.39 is 6.04 Å². The molecule has 0 bridgehead atoms. The van der Waals surface area contributed by atoms with Crippen molar-refractivity contribution in [2.45, 2.75) is 37.8 Å². The highest BCUT2D eigenvalue weighted by atomic mass is 79.9. The highest BCUT2D eigenvalue weighted by Crippen LogP contribution is 2.33. The molecule has 1 aromatic carbocycles. The van der Waals surface area contributed by atoms with E-state index in [1.54, 1.807) is 0 Å². The molecule has 4 nitrogen and oxygen atoms in total. The van der Waals surface area contributed by atoms with Crippen molar-refractivity contribution in [2.24, 2.45) is 11.7 Å². The van der Waals surface area contributed by atoms with E-state index in [1.165, 1.54) is 11.1 Å². The van der Waals surface area contributed by atoms with E-state index in [9.17, 15) is 4.79 Å². The zero-order valence-electron chi connectivity index (χ0n) is 12.0. The SMILES string of the molecule is NC(C(=O)NC1CCc2cc(Br)ccc21)C1CCOCC1. The molecule has 5 heteroatoms. The van der Waals surface area contributed by atoms with E-state index in [2.05, 4.69) is 33.4 Å². The number of aryl methyl sites for hydroxylation is 1. The second-order valence-corrected chi connectivity index (χ2v) is 6.83. The molecule has 3 N–H and O–H groups in total. The van der Waals surface area contributed by atoms with Gasteiger partial charge in [-0.1, -0.05) is 22.0 Å². The van der Waals surface area contributed by atoms with Crippen molar-refractivity contribution in [3.8, 4) is 0 Å². The summed E-state index contributed by atoms with van der Waals surface area (Å²) in [6, 6.07) is 5.94. The van der Waals surface area contributed by atoms with E-state index >= 15 is 0 Å². The molecule has 1 aliphatic heterocycles. The topological polar surface area (TPSA) is 64.4 Å². The van der Waals surface area contributed by atoms with Gasteiger partial charge in [-0.3, -0.25) is 4.79 Å². The predicted molar refractivity (Wildman–Crippen MR) is 84.9 cm³/mol. The fourth-order valence-electron chi connectivity index (χ4n) is 3.29. The van der Waals surface area contributed by atoms with Crippen molar-refractivity contribution in [1.82, 2.24) is 5.32 Å². The first-order valence-electron chi connectivity index (χ1n) is 7.57. The minimum atomic E-state index is -0.423. The van der Waals surface area contributed by atoms with Gasteiger partial charge in [-0.15, -0.1) is 0 Å². The monoisotopic (exact) mass is 352 g/mol. The number of hydrogen-bond donors (Lipinski definition) is 2. The normalized spacial score (nSPS) is 23.6. The number of nitrogens with one attached hydrogen (secondary N) is 1. The third-order valence-corrected chi connectivity index (χ3v) is 5.07. The number of hydrogen-bond acceptors (Lipinski definition) is 3. The minimum absolute atomic E-state index is 0.0253. The van der Waals surface area contributed by atoms with Crippen LogP contribution < -0.4 is 11.1 Å². The van der Waals surface area contributed by atoms with Crippen LogP contribution in [0.3, 0.4) is 0 Å². The molecule has 3 rings (SSSR count). The van der Waals surface area contributed by atoms with Gasteiger partial charge in [0.15, 0.2) is 0 Å². The van der Waals surface area contributed by atoms with Crippen molar-refractivity contribution in [3.63, 3.8) is 0 Å². The molecule has 0 aromatic heterocycles. The summed E-state index contributed by atoms with van der Waals surface area (Å²) in [6.07, 6.45) is 3.72. The molecule has 0 radical (unpaired) electrons. The molecule has 0 spiro atoms. The zero-order valence-corrected chi connectivity index (χ0v) is 13.6. The summed E-state index contributed by atoms with van der Waals surface area (Å²) < 4.78 is 6.42. The van der Waals surface area contributed by atoms with Crippen LogP contribution in [0.5, 0.6) is 0 Å². The third kappa shape index (κ3) is 3.30. The average Bonchev–Trinajstić information content (AvgIpc) is 2.89. The number of halogens is 1. The lowest BCUT2D eigenvalue weighted by molar-refractivity contribution is -0.125. The van der Waals surface area contributed by atoms with Crippen molar-refractivity contribution in [1.29, 1.82) is 0 Å². The van der Waals surface area contributed by atoms with Crippen LogP contribution in [-0.2, 0) is 16.0 Å². The Kier molecular flexibility index (Phi) is 4.62. The molecule has 2 unspecified atom stereocenters. The molecule has 1 aromatic rings. The first kappa shape index (κ1) is 15.0. The number of ether oxygens (including phenoxy) is 1. The molecule has 1 amide bonds. The van der Waals surface area contributed by atoms with E-state index in [1.807, 2.05) is 6.07 Å². The van der Waals surface area contributed by atoms with Crippen LogP contribution in [-0.4, -0.2) is 25.2 Å². The van der Waals surface area contributed by atoms with E-state index in [4.69, 9.17) is 10.5 Å². The molecule has 1 heterocycles. The standard InChI is InChI=1S/C16H21BrN2O2/c17-12-2-3-13-11(9-12)1-4-14(13)19-16(20)15(18)10-5-7-21-8-6-10/h2-3,9-10,14-15H,1,4-8,18H2,(H,19,20). The van der Waals surface area contributed by atoms with Crippen LogP contribution in [0.15, 0.2) is 22.7 Å². The molecule has 1 fully saturated rings. The molecule has 114 valence electrons. The molecule has 2 atom stereocenters. The maximum atomic E-state index is 12.4. The van der Waals surface area contributed by atoms with Crippen molar-refractivity contribution < 1.29 is 9.53 Å². The molecule has 2 aliphatic rings. The lowest BCUT2D eigenvalue weighted by atomic mass is 9.91. The maximum absolute atomic E-state index is 12.4. The average molecular weight is 353 g/mol. The third-order valence-electron chi connectivity index (χ3n) is 4.58. The van der Waals surface area contributed by atoms with Crippen LogP contribution in [0, 0.1) is 5.92 Å². The minimum Gasteiger partial charge on any atom is -0.381 e. The van der Waals surface area contributed by atoms with Gasteiger partial charge in [0, 0.05) is 17.7 Å². The Morgan fingerprint density at radius 2 is 2.10 bits per heavy atom. The summed E-state index contributed by atoms with van der Waals surface area (Å²) in [5.74, 6) is 0.215. The lowest BCUT2D eigenvalue weighted by Crippen LogP contribution is -2.47. The molecule has 0 saturated carbocycles. The lowest BCUT2D eigenvalue weighted by Gasteiger charge is -2.28. The number of benzene rings is 1. The Morgan fingerprint density at radius 3 is 2.86 bits per heavy atom. The summed E-state index contributed by atoms with van der Waals surface area (Å²) >= 11 is 3.49. The molecule has 1 aliphatic carbocycles. The highest BCUT2D eigenvalue weighted by molar-refractivity contribution is 9.10. The van der Waals surface area contributed by atoms with Gasteiger partial charge in [-0.2, -0.15) is 0 Å². The van der Waals surface area contributed by atoms with Crippen molar-refractivity contribution in [2.75, 3.05) is 13.2 Å². The predicted octanol–water partition coefficient (Wildman–Crippen LogP) is 2.31. The molecule has 1 saturated heterocycles. The van der Waals surface area contributed by atoms with E-state index in [0.29, 0.717) is 13.2 Å². The highest BCUT2D eigenvalue weighted by Gasteiger charge is 2.30. The van der Waals surface area contributed by atoms with Gasteiger partial charge in [0.2, 0.25) is 5.91 Å². The number of amides is 1. The Balaban J connectivity index is 1.63. The first-order valence-corrected chi connectivity index (χ1v) is 8.36. The maximum Gasteiger partial charge on any atom is 0.237 e. The number of carbonyl (C=O) groups is 1. The summed E-state index contributed by atoms with van der Waals surface area (Å²) in [5, 5.41) is 3.13. The van der Waals surface area contributed by atoms with Gasteiger partial charge in [-0.05, 0) is 54.9 Å². The zero-order chi connectivity index (χ0) is 14.8. The second kappa shape index (κ2) is 6.46. The van der Waals surface area contributed by atoms with E-state index in [0.717, 1.165) is 30.2 Å². The van der Waals surface area contributed by atoms with Crippen LogP contribution in [0.2, 0.25) is 0 Å². The number of fused-ring (bicyclic) bond motifs is 1. The summed E-state index contributed by atoms with van der Waals surface area (Å²) in [4.78, 5) is 12.4. The fraction of sp³-hybridized carbons (Fsp3) is 0.562. The Labute approximate surface area is 133 Å². The summed E-state index contributed by atoms with van der Waals surface area (Å²) in [6.45, 7) is 1.43. The second-order valence-electron chi connectivity index (χ2n) is 5.92. The van der Waals surface area contributed by atoms with Gasteiger partial charge < -0.3 is 15.8 Å². The van der Waals surface area contributed by atoms with Gasteiger partial charge in [0.25, 0.3) is 0 Å². The molecule has 21 heavy (non-hydrogen) atoms. The molecular formula is C16H21BrN2O2. The Morgan fingerprint density at radius 1 is 1.33 bits per heavy atom. The quantitative estimate of drug-likeness (QED) is 0.877. The Bertz CT molecular complexity index is 529. The van der Waals surface area contributed by atoms with Gasteiger partial charge in [0.1, 0.15) is 0 Å². The fourth-order valence-corrected chi connectivity index (χ4v) is 3.70.